The van der Waals surface area contributed by atoms with Gasteiger partial charge in [0.25, 0.3) is 0 Å². The minimum Gasteiger partial charge on any atom is -0.356 e. The molecule has 0 aliphatic heterocycles. The van der Waals surface area contributed by atoms with Crippen LogP contribution in [0.25, 0.3) is 5.69 Å². The van der Waals surface area contributed by atoms with Crippen molar-refractivity contribution in [2.24, 2.45) is 4.99 Å². The van der Waals surface area contributed by atoms with Crippen molar-refractivity contribution in [3.05, 3.63) is 78.1 Å². The molecule has 2 aromatic carbocycles. The minimum atomic E-state index is -0.128. The number of guanidine groups is 1. The summed E-state index contributed by atoms with van der Waals surface area (Å²) in [5.74, 6) is 0.584. The molecule has 3 aromatic rings. The molecule has 1 aliphatic carbocycles. The monoisotopic (exact) mass is 506 g/mol. The van der Waals surface area contributed by atoms with E-state index in [0.717, 1.165) is 29.7 Å². The second-order valence-corrected chi connectivity index (χ2v) is 7.05. The van der Waals surface area contributed by atoms with E-state index in [1.54, 1.807) is 24.1 Å². The first-order valence-electron chi connectivity index (χ1n) is 9.34. The molecule has 0 unspecified atom stereocenters. The average Bonchev–Trinajstić information content (AvgIpc) is 3.31. The lowest BCUT2D eigenvalue weighted by atomic mass is 9.95. The van der Waals surface area contributed by atoms with Crippen molar-refractivity contribution in [2.75, 3.05) is 13.6 Å². The van der Waals surface area contributed by atoms with Crippen LogP contribution in [-0.2, 0) is 12.0 Å². The van der Waals surface area contributed by atoms with Gasteiger partial charge in [0.15, 0.2) is 5.96 Å². The summed E-state index contributed by atoms with van der Waals surface area (Å²) in [6, 6.07) is 15.1. The Morgan fingerprint density at radius 1 is 1.14 bits per heavy atom. The number of benzene rings is 2. The fraction of sp³-hybridized carbons (Fsp3) is 0.286. The van der Waals surface area contributed by atoms with Crippen LogP contribution in [0, 0.1) is 5.82 Å². The number of halogens is 2. The lowest BCUT2D eigenvalue weighted by Gasteiger charge is -2.19. The normalized spacial score (nSPS) is 14.8. The van der Waals surface area contributed by atoms with E-state index in [1.807, 2.05) is 36.4 Å². The molecular formula is C21H24FIN6. The quantitative estimate of drug-likeness (QED) is 0.306. The van der Waals surface area contributed by atoms with Gasteiger partial charge in [0.2, 0.25) is 0 Å². The highest BCUT2D eigenvalue weighted by Gasteiger charge is 2.45. The SMILES string of the molecule is CN=C(NCc1ccc(-n2cncn2)cc1)NCC1(c2ccccc2F)CC1.I. The van der Waals surface area contributed by atoms with Crippen LogP contribution in [-0.4, -0.2) is 34.3 Å². The predicted molar refractivity (Wildman–Crippen MR) is 122 cm³/mol. The van der Waals surface area contributed by atoms with Gasteiger partial charge in [0.05, 0.1) is 5.69 Å². The van der Waals surface area contributed by atoms with Crippen molar-refractivity contribution >= 4 is 29.9 Å². The van der Waals surface area contributed by atoms with Crippen LogP contribution in [0.15, 0.2) is 66.2 Å². The van der Waals surface area contributed by atoms with Crippen molar-refractivity contribution < 1.29 is 4.39 Å². The zero-order valence-electron chi connectivity index (χ0n) is 16.2. The second-order valence-electron chi connectivity index (χ2n) is 7.05. The third-order valence-corrected chi connectivity index (χ3v) is 5.20. The van der Waals surface area contributed by atoms with Gasteiger partial charge < -0.3 is 10.6 Å². The molecule has 0 bridgehead atoms. The Bertz CT molecular complexity index is 952. The van der Waals surface area contributed by atoms with E-state index in [4.69, 9.17) is 0 Å². The van der Waals surface area contributed by atoms with E-state index in [9.17, 15) is 4.39 Å². The Balaban J connectivity index is 0.00000240. The Hall–Kier alpha value is -2.49. The third-order valence-electron chi connectivity index (χ3n) is 5.20. The van der Waals surface area contributed by atoms with Gasteiger partial charge in [0.1, 0.15) is 18.5 Å². The first kappa shape index (κ1) is 21.2. The molecule has 1 aromatic heterocycles. The molecule has 0 spiro atoms. The molecule has 6 nitrogen and oxygen atoms in total. The lowest BCUT2D eigenvalue weighted by Crippen LogP contribution is -2.41. The molecule has 1 fully saturated rings. The molecular weight excluding hydrogens is 482 g/mol. The molecule has 0 atom stereocenters. The summed E-state index contributed by atoms with van der Waals surface area (Å²) in [4.78, 5) is 8.24. The Labute approximate surface area is 186 Å². The second kappa shape index (κ2) is 9.34. The maximum absolute atomic E-state index is 14.2. The number of aromatic nitrogens is 3. The van der Waals surface area contributed by atoms with Crippen LogP contribution in [0.4, 0.5) is 4.39 Å². The molecule has 29 heavy (non-hydrogen) atoms. The van der Waals surface area contributed by atoms with Crippen molar-refractivity contribution in [3.8, 4) is 5.69 Å². The fourth-order valence-electron chi connectivity index (χ4n) is 3.35. The summed E-state index contributed by atoms with van der Waals surface area (Å²) >= 11 is 0. The standard InChI is InChI=1S/C21H23FN6.HI/c1-23-20(26-13-21(10-11-21)18-4-2-3-5-19(18)22)25-12-16-6-8-17(9-7-16)28-15-24-14-27-28;/h2-9,14-15H,10-13H2,1H3,(H2,23,25,26);1H. The first-order chi connectivity index (χ1) is 13.7. The Kier molecular flexibility index (Phi) is 6.83. The van der Waals surface area contributed by atoms with E-state index in [2.05, 4.69) is 25.7 Å². The van der Waals surface area contributed by atoms with Crippen LogP contribution in [0.2, 0.25) is 0 Å². The van der Waals surface area contributed by atoms with Gasteiger partial charge in [-0.05, 0) is 42.2 Å². The van der Waals surface area contributed by atoms with E-state index >= 15 is 0 Å². The molecule has 1 aliphatic rings. The minimum absolute atomic E-state index is 0. The van der Waals surface area contributed by atoms with Gasteiger partial charge in [-0.25, -0.2) is 14.1 Å². The van der Waals surface area contributed by atoms with E-state index in [1.165, 1.54) is 12.4 Å². The maximum Gasteiger partial charge on any atom is 0.191 e. The van der Waals surface area contributed by atoms with Crippen molar-refractivity contribution in [1.82, 2.24) is 25.4 Å². The van der Waals surface area contributed by atoms with Gasteiger partial charge in [-0.15, -0.1) is 24.0 Å². The van der Waals surface area contributed by atoms with E-state index in [-0.39, 0.29) is 35.2 Å². The topological polar surface area (TPSA) is 67.1 Å². The molecule has 0 radical (unpaired) electrons. The predicted octanol–water partition coefficient (Wildman–Crippen LogP) is 3.42. The summed E-state index contributed by atoms with van der Waals surface area (Å²) in [6.45, 7) is 1.31. The molecule has 0 saturated heterocycles. The van der Waals surface area contributed by atoms with Crippen LogP contribution >= 0.6 is 24.0 Å². The van der Waals surface area contributed by atoms with Crippen LogP contribution in [0.5, 0.6) is 0 Å². The smallest absolute Gasteiger partial charge is 0.191 e. The zero-order valence-corrected chi connectivity index (χ0v) is 18.5. The molecule has 152 valence electrons. The number of rotatable bonds is 6. The van der Waals surface area contributed by atoms with Crippen LogP contribution in [0.3, 0.4) is 0 Å². The average molecular weight is 506 g/mol. The highest BCUT2D eigenvalue weighted by atomic mass is 127. The largest absolute Gasteiger partial charge is 0.356 e. The number of aliphatic imine (C=N–C) groups is 1. The van der Waals surface area contributed by atoms with Crippen molar-refractivity contribution in [1.29, 1.82) is 0 Å². The van der Waals surface area contributed by atoms with Gasteiger partial charge >= 0.3 is 0 Å². The van der Waals surface area contributed by atoms with Crippen LogP contribution in [0.1, 0.15) is 24.0 Å². The zero-order chi connectivity index (χ0) is 19.4. The van der Waals surface area contributed by atoms with Gasteiger partial charge in [-0.3, -0.25) is 4.99 Å². The number of hydrogen-bond acceptors (Lipinski definition) is 3. The van der Waals surface area contributed by atoms with Crippen molar-refractivity contribution in [3.63, 3.8) is 0 Å². The molecule has 0 amide bonds. The maximum atomic E-state index is 14.2. The number of nitrogens with zero attached hydrogens (tertiary/aromatic N) is 4. The van der Waals surface area contributed by atoms with Gasteiger partial charge in [-0.1, -0.05) is 30.3 Å². The number of nitrogens with one attached hydrogen (secondary N) is 2. The van der Waals surface area contributed by atoms with Gasteiger partial charge in [0, 0.05) is 25.6 Å². The molecule has 8 heteroatoms. The summed E-state index contributed by atoms with van der Waals surface area (Å²) in [5, 5.41) is 10.8. The summed E-state index contributed by atoms with van der Waals surface area (Å²) < 4.78 is 15.9. The third kappa shape index (κ3) is 4.92. The summed E-state index contributed by atoms with van der Waals surface area (Å²) in [6.07, 6.45) is 5.16. The highest BCUT2D eigenvalue weighted by molar-refractivity contribution is 14.0. The Morgan fingerprint density at radius 2 is 1.90 bits per heavy atom. The van der Waals surface area contributed by atoms with Crippen molar-refractivity contribution in [2.45, 2.75) is 24.8 Å². The highest BCUT2D eigenvalue weighted by Crippen LogP contribution is 2.48. The van der Waals surface area contributed by atoms with E-state index < -0.39 is 0 Å². The molecule has 4 rings (SSSR count). The molecule has 1 saturated carbocycles. The fourth-order valence-corrected chi connectivity index (χ4v) is 3.35. The molecule has 1 heterocycles. The lowest BCUT2D eigenvalue weighted by molar-refractivity contribution is 0.559. The van der Waals surface area contributed by atoms with Gasteiger partial charge in [-0.2, -0.15) is 5.10 Å². The summed E-state index contributed by atoms with van der Waals surface area (Å²) in [7, 11) is 1.74. The first-order valence-corrected chi connectivity index (χ1v) is 9.34. The summed E-state index contributed by atoms with van der Waals surface area (Å²) in [5.41, 5.74) is 2.76. The number of hydrogen-bond donors (Lipinski definition) is 2. The molecule has 2 N–H and O–H groups in total. The Morgan fingerprint density at radius 3 is 2.52 bits per heavy atom. The van der Waals surface area contributed by atoms with E-state index in [0.29, 0.717) is 19.0 Å². The van der Waals surface area contributed by atoms with Crippen LogP contribution < -0.4 is 10.6 Å².